The van der Waals surface area contributed by atoms with Crippen LogP contribution in [0.4, 0.5) is 0 Å². The predicted molar refractivity (Wildman–Crippen MR) is 87.4 cm³/mol. The van der Waals surface area contributed by atoms with Crippen LogP contribution in [0, 0.1) is 0 Å². The lowest BCUT2D eigenvalue weighted by atomic mass is 10.1. The van der Waals surface area contributed by atoms with E-state index in [0.717, 1.165) is 11.1 Å². The molecule has 0 aliphatic heterocycles. The molecule has 0 aromatic heterocycles. The van der Waals surface area contributed by atoms with Crippen LogP contribution in [0.1, 0.15) is 21.5 Å². The number of hydrogen-bond acceptors (Lipinski definition) is 3. The van der Waals surface area contributed by atoms with Crippen LogP contribution in [0.15, 0.2) is 54.6 Å². The zero-order valence-electron chi connectivity index (χ0n) is 12.9. The van der Waals surface area contributed by atoms with Crippen LogP contribution in [-0.2, 0) is 17.9 Å². The van der Waals surface area contributed by atoms with E-state index in [0.29, 0.717) is 31.9 Å². The third-order valence-corrected chi connectivity index (χ3v) is 3.47. The highest BCUT2D eigenvalue weighted by Gasteiger charge is 2.11. The van der Waals surface area contributed by atoms with Gasteiger partial charge in [-0.1, -0.05) is 42.5 Å². The molecule has 0 saturated carbocycles. The first-order valence-electron chi connectivity index (χ1n) is 7.37. The van der Waals surface area contributed by atoms with Crippen molar-refractivity contribution in [3.63, 3.8) is 0 Å². The fourth-order valence-corrected chi connectivity index (χ4v) is 2.07. The molecule has 2 N–H and O–H groups in total. The van der Waals surface area contributed by atoms with Crippen molar-refractivity contribution in [3.05, 3.63) is 71.3 Å². The maximum atomic E-state index is 12.2. The van der Waals surface area contributed by atoms with Crippen molar-refractivity contribution in [2.24, 2.45) is 5.73 Å². The first-order chi connectivity index (χ1) is 10.7. The molecular formula is C18H22N2O2. The maximum absolute atomic E-state index is 12.2. The third kappa shape index (κ3) is 4.69. The summed E-state index contributed by atoms with van der Waals surface area (Å²) in [5, 5.41) is 0. The second-order valence-corrected chi connectivity index (χ2v) is 5.17. The van der Waals surface area contributed by atoms with Gasteiger partial charge in [-0.05, 0) is 23.3 Å². The van der Waals surface area contributed by atoms with Gasteiger partial charge in [-0.2, -0.15) is 0 Å². The molecular weight excluding hydrogens is 276 g/mol. The summed E-state index contributed by atoms with van der Waals surface area (Å²) >= 11 is 0. The first kappa shape index (κ1) is 16.2. The monoisotopic (exact) mass is 298 g/mol. The molecule has 4 nitrogen and oxygen atoms in total. The molecule has 0 atom stereocenters. The Labute approximate surface area is 131 Å². The normalized spacial score (nSPS) is 10.5. The van der Waals surface area contributed by atoms with Gasteiger partial charge in [-0.3, -0.25) is 4.79 Å². The number of carbonyl (C=O) groups excluding carboxylic acids is 1. The van der Waals surface area contributed by atoms with Gasteiger partial charge >= 0.3 is 0 Å². The minimum absolute atomic E-state index is 0.00752. The van der Waals surface area contributed by atoms with Crippen molar-refractivity contribution in [2.75, 3.05) is 20.2 Å². The molecule has 0 heterocycles. The topological polar surface area (TPSA) is 55.6 Å². The zero-order chi connectivity index (χ0) is 15.8. The van der Waals surface area contributed by atoms with Crippen molar-refractivity contribution in [2.45, 2.75) is 13.2 Å². The molecule has 0 bridgehead atoms. The molecule has 22 heavy (non-hydrogen) atoms. The van der Waals surface area contributed by atoms with Crippen molar-refractivity contribution >= 4 is 5.91 Å². The summed E-state index contributed by atoms with van der Waals surface area (Å²) in [4.78, 5) is 13.9. The van der Waals surface area contributed by atoms with E-state index in [2.05, 4.69) is 0 Å². The summed E-state index contributed by atoms with van der Waals surface area (Å²) in [5.74, 6) is -0.00752. The summed E-state index contributed by atoms with van der Waals surface area (Å²) in [5.41, 5.74) is 8.37. The fourth-order valence-electron chi connectivity index (χ4n) is 2.07. The number of rotatable bonds is 7. The lowest BCUT2D eigenvalue weighted by Crippen LogP contribution is -2.30. The number of nitrogens with two attached hydrogens (primary N) is 1. The number of benzene rings is 2. The molecule has 0 aliphatic carbocycles. The number of hydrogen-bond donors (Lipinski definition) is 1. The van der Waals surface area contributed by atoms with E-state index < -0.39 is 0 Å². The SMILES string of the molecule is CN(CCOCc1ccccc1)C(=O)c1ccc(CN)cc1. The van der Waals surface area contributed by atoms with Crippen LogP contribution in [0.2, 0.25) is 0 Å². The van der Waals surface area contributed by atoms with Crippen LogP contribution in [-0.4, -0.2) is 31.0 Å². The lowest BCUT2D eigenvalue weighted by Gasteiger charge is -2.17. The van der Waals surface area contributed by atoms with E-state index in [-0.39, 0.29) is 5.91 Å². The molecule has 2 rings (SSSR count). The summed E-state index contributed by atoms with van der Waals surface area (Å²) < 4.78 is 5.60. The Morgan fingerprint density at radius 2 is 1.73 bits per heavy atom. The molecule has 116 valence electrons. The second kappa shape index (κ2) is 8.32. The average molecular weight is 298 g/mol. The van der Waals surface area contributed by atoms with Crippen LogP contribution in [0.25, 0.3) is 0 Å². The molecule has 4 heteroatoms. The van der Waals surface area contributed by atoms with E-state index in [9.17, 15) is 4.79 Å². The number of likely N-dealkylation sites (N-methyl/N-ethyl adjacent to an activating group) is 1. The molecule has 0 radical (unpaired) electrons. The zero-order valence-corrected chi connectivity index (χ0v) is 12.9. The molecule has 2 aromatic rings. The van der Waals surface area contributed by atoms with Gasteiger partial charge in [-0.25, -0.2) is 0 Å². The van der Waals surface area contributed by atoms with Crippen molar-refractivity contribution in [1.82, 2.24) is 4.90 Å². The highest BCUT2D eigenvalue weighted by Crippen LogP contribution is 2.07. The first-order valence-corrected chi connectivity index (χ1v) is 7.37. The van der Waals surface area contributed by atoms with Crippen LogP contribution >= 0.6 is 0 Å². The average Bonchev–Trinajstić information content (AvgIpc) is 2.59. The Balaban J connectivity index is 1.76. The molecule has 0 unspecified atom stereocenters. The summed E-state index contributed by atoms with van der Waals surface area (Å²) in [7, 11) is 1.78. The highest BCUT2D eigenvalue weighted by atomic mass is 16.5. The van der Waals surface area contributed by atoms with E-state index in [4.69, 9.17) is 10.5 Å². The second-order valence-electron chi connectivity index (χ2n) is 5.17. The van der Waals surface area contributed by atoms with Gasteiger partial charge < -0.3 is 15.4 Å². The Hall–Kier alpha value is -2.17. The highest BCUT2D eigenvalue weighted by molar-refractivity contribution is 5.94. The molecule has 0 fully saturated rings. The smallest absolute Gasteiger partial charge is 0.253 e. The predicted octanol–water partition coefficient (Wildman–Crippen LogP) is 2.43. The van der Waals surface area contributed by atoms with Gasteiger partial charge in [0.15, 0.2) is 0 Å². The quantitative estimate of drug-likeness (QED) is 0.799. The Morgan fingerprint density at radius 1 is 1.05 bits per heavy atom. The molecule has 2 aromatic carbocycles. The largest absolute Gasteiger partial charge is 0.375 e. The van der Waals surface area contributed by atoms with Gasteiger partial charge in [0.25, 0.3) is 5.91 Å². The minimum Gasteiger partial charge on any atom is -0.375 e. The molecule has 0 aliphatic rings. The third-order valence-electron chi connectivity index (χ3n) is 3.47. The Morgan fingerprint density at radius 3 is 2.36 bits per heavy atom. The standard InChI is InChI=1S/C18H22N2O2/c1-20(11-12-22-14-16-5-3-2-4-6-16)18(21)17-9-7-15(13-19)8-10-17/h2-10H,11-14,19H2,1H3. The number of amides is 1. The summed E-state index contributed by atoms with van der Waals surface area (Å²) in [6.07, 6.45) is 0. The van der Waals surface area contributed by atoms with Gasteiger partial charge in [0.05, 0.1) is 13.2 Å². The van der Waals surface area contributed by atoms with Crippen molar-refractivity contribution in [3.8, 4) is 0 Å². The van der Waals surface area contributed by atoms with Gasteiger partial charge in [0.1, 0.15) is 0 Å². The Bertz CT molecular complexity index is 582. The van der Waals surface area contributed by atoms with E-state index in [1.807, 2.05) is 54.6 Å². The van der Waals surface area contributed by atoms with Crippen molar-refractivity contribution in [1.29, 1.82) is 0 Å². The molecule has 0 saturated heterocycles. The van der Waals surface area contributed by atoms with Crippen LogP contribution in [0.5, 0.6) is 0 Å². The number of ether oxygens (including phenoxy) is 1. The number of carbonyl (C=O) groups is 1. The minimum atomic E-state index is -0.00752. The van der Waals surface area contributed by atoms with E-state index in [1.165, 1.54) is 0 Å². The van der Waals surface area contributed by atoms with Gasteiger partial charge in [-0.15, -0.1) is 0 Å². The fraction of sp³-hybridized carbons (Fsp3) is 0.278. The van der Waals surface area contributed by atoms with Crippen LogP contribution in [0.3, 0.4) is 0 Å². The van der Waals surface area contributed by atoms with Gasteiger partial charge in [0.2, 0.25) is 0 Å². The van der Waals surface area contributed by atoms with E-state index in [1.54, 1.807) is 11.9 Å². The maximum Gasteiger partial charge on any atom is 0.253 e. The summed E-state index contributed by atoms with van der Waals surface area (Å²) in [6.45, 7) is 2.12. The van der Waals surface area contributed by atoms with Gasteiger partial charge in [0, 0.05) is 25.7 Å². The summed E-state index contributed by atoms with van der Waals surface area (Å²) in [6, 6.07) is 17.4. The van der Waals surface area contributed by atoms with Crippen molar-refractivity contribution < 1.29 is 9.53 Å². The Kier molecular flexibility index (Phi) is 6.13. The lowest BCUT2D eigenvalue weighted by molar-refractivity contribution is 0.0670. The molecule has 1 amide bonds. The molecule has 0 spiro atoms. The van der Waals surface area contributed by atoms with E-state index >= 15 is 0 Å². The van der Waals surface area contributed by atoms with Crippen LogP contribution < -0.4 is 5.73 Å². The number of nitrogens with zero attached hydrogens (tertiary/aromatic N) is 1.